The number of hydrogen-bond acceptors (Lipinski definition) is 3. The molecular weight excluding hydrogens is 300 g/mol. The highest BCUT2D eigenvalue weighted by atomic mass is 16.7. The van der Waals surface area contributed by atoms with Crippen molar-refractivity contribution >= 4 is 0 Å². The summed E-state index contributed by atoms with van der Waals surface area (Å²) in [7, 11) is 1.68. The SMILES string of the molecule is CC.CC.COc1cc(C2(c3ccccc3)OCCO2)ccc1C. The van der Waals surface area contributed by atoms with E-state index < -0.39 is 5.79 Å². The summed E-state index contributed by atoms with van der Waals surface area (Å²) in [6.07, 6.45) is 0. The third kappa shape index (κ3) is 4.16. The van der Waals surface area contributed by atoms with Crippen LogP contribution in [0.1, 0.15) is 44.4 Å². The van der Waals surface area contributed by atoms with E-state index in [-0.39, 0.29) is 0 Å². The molecule has 3 nitrogen and oxygen atoms in total. The van der Waals surface area contributed by atoms with Crippen molar-refractivity contribution in [2.24, 2.45) is 0 Å². The van der Waals surface area contributed by atoms with Gasteiger partial charge in [0.25, 0.3) is 0 Å². The zero-order valence-corrected chi connectivity index (χ0v) is 15.8. The van der Waals surface area contributed by atoms with Crippen LogP contribution in [0.3, 0.4) is 0 Å². The molecular formula is C21H30O3. The number of methoxy groups -OCH3 is 1. The molecule has 0 aromatic heterocycles. The lowest BCUT2D eigenvalue weighted by Gasteiger charge is -2.28. The van der Waals surface area contributed by atoms with E-state index >= 15 is 0 Å². The van der Waals surface area contributed by atoms with E-state index in [1.165, 1.54) is 0 Å². The molecule has 3 rings (SSSR count). The Kier molecular flexibility index (Phi) is 8.51. The van der Waals surface area contributed by atoms with Crippen LogP contribution in [0.5, 0.6) is 5.75 Å². The predicted molar refractivity (Wildman–Crippen MR) is 99.6 cm³/mol. The first-order valence-corrected chi connectivity index (χ1v) is 8.75. The van der Waals surface area contributed by atoms with Crippen molar-refractivity contribution in [3.8, 4) is 5.75 Å². The van der Waals surface area contributed by atoms with Crippen LogP contribution in [0.2, 0.25) is 0 Å². The highest BCUT2D eigenvalue weighted by Crippen LogP contribution is 2.39. The lowest BCUT2D eigenvalue weighted by Crippen LogP contribution is -2.28. The molecule has 0 N–H and O–H groups in total. The lowest BCUT2D eigenvalue weighted by molar-refractivity contribution is -0.130. The molecule has 0 saturated carbocycles. The number of benzene rings is 2. The van der Waals surface area contributed by atoms with Gasteiger partial charge in [-0.2, -0.15) is 0 Å². The molecule has 2 aromatic rings. The third-order valence-electron chi connectivity index (χ3n) is 3.64. The lowest BCUT2D eigenvalue weighted by atomic mass is 9.96. The molecule has 0 atom stereocenters. The average molecular weight is 330 g/mol. The smallest absolute Gasteiger partial charge is 0.222 e. The van der Waals surface area contributed by atoms with Gasteiger partial charge in [0.05, 0.1) is 20.3 Å². The van der Waals surface area contributed by atoms with Gasteiger partial charge in [-0.3, -0.25) is 0 Å². The second kappa shape index (κ2) is 10.1. The number of rotatable bonds is 3. The minimum Gasteiger partial charge on any atom is -0.496 e. The maximum Gasteiger partial charge on any atom is 0.222 e. The summed E-state index contributed by atoms with van der Waals surface area (Å²) >= 11 is 0. The van der Waals surface area contributed by atoms with E-state index in [4.69, 9.17) is 14.2 Å². The Morgan fingerprint density at radius 3 is 1.96 bits per heavy atom. The monoisotopic (exact) mass is 330 g/mol. The molecule has 1 aliphatic rings. The Balaban J connectivity index is 0.000000671. The summed E-state index contributed by atoms with van der Waals surface area (Å²) in [5, 5.41) is 0. The summed E-state index contributed by atoms with van der Waals surface area (Å²) in [6.45, 7) is 11.2. The van der Waals surface area contributed by atoms with Crippen molar-refractivity contribution < 1.29 is 14.2 Å². The Morgan fingerprint density at radius 1 is 0.833 bits per heavy atom. The van der Waals surface area contributed by atoms with Crippen LogP contribution < -0.4 is 4.74 Å². The first kappa shape index (κ1) is 20.2. The van der Waals surface area contributed by atoms with Gasteiger partial charge in [-0.1, -0.05) is 70.2 Å². The van der Waals surface area contributed by atoms with Gasteiger partial charge in [0.2, 0.25) is 5.79 Å². The third-order valence-corrected chi connectivity index (χ3v) is 3.64. The highest BCUT2D eigenvalue weighted by Gasteiger charge is 2.40. The fraction of sp³-hybridized carbons (Fsp3) is 0.429. The molecule has 1 heterocycles. The summed E-state index contributed by atoms with van der Waals surface area (Å²) in [4.78, 5) is 0. The molecule has 132 valence electrons. The van der Waals surface area contributed by atoms with Crippen LogP contribution in [0.25, 0.3) is 0 Å². The largest absolute Gasteiger partial charge is 0.496 e. The summed E-state index contributed by atoms with van der Waals surface area (Å²) in [5.41, 5.74) is 3.06. The van der Waals surface area contributed by atoms with Crippen LogP contribution in [-0.2, 0) is 15.3 Å². The molecule has 24 heavy (non-hydrogen) atoms. The number of aryl methyl sites for hydroxylation is 1. The molecule has 0 spiro atoms. The minimum absolute atomic E-state index is 0.588. The molecule has 2 aromatic carbocycles. The van der Waals surface area contributed by atoms with Crippen molar-refractivity contribution in [2.75, 3.05) is 20.3 Å². The maximum atomic E-state index is 5.97. The van der Waals surface area contributed by atoms with Crippen LogP contribution in [0.15, 0.2) is 48.5 Å². The fourth-order valence-electron chi connectivity index (χ4n) is 2.59. The minimum atomic E-state index is -0.817. The summed E-state index contributed by atoms with van der Waals surface area (Å²) < 4.78 is 17.4. The zero-order chi connectivity index (χ0) is 18.0. The van der Waals surface area contributed by atoms with Gasteiger partial charge in [-0.05, 0) is 18.6 Å². The van der Waals surface area contributed by atoms with Gasteiger partial charge in [-0.25, -0.2) is 0 Å². The molecule has 0 unspecified atom stereocenters. The zero-order valence-electron chi connectivity index (χ0n) is 15.8. The Hall–Kier alpha value is -1.84. The Morgan fingerprint density at radius 2 is 1.42 bits per heavy atom. The van der Waals surface area contributed by atoms with E-state index in [2.05, 4.69) is 0 Å². The topological polar surface area (TPSA) is 27.7 Å². The normalized spacial score (nSPS) is 14.8. The average Bonchev–Trinajstić information content (AvgIpc) is 3.17. The molecule has 1 saturated heterocycles. The summed E-state index contributed by atoms with van der Waals surface area (Å²) in [6, 6.07) is 16.1. The van der Waals surface area contributed by atoms with Gasteiger partial charge >= 0.3 is 0 Å². The first-order valence-electron chi connectivity index (χ1n) is 8.75. The molecule has 1 aliphatic heterocycles. The van der Waals surface area contributed by atoms with Gasteiger partial charge < -0.3 is 14.2 Å². The van der Waals surface area contributed by atoms with Gasteiger partial charge in [0.15, 0.2) is 0 Å². The maximum absolute atomic E-state index is 5.97. The molecule has 0 aliphatic carbocycles. The predicted octanol–water partition coefficient (Wildman–Crippen LogP) is 5.30. The molecule has 1 fully saturated rings. The second-order valence-electron chi connectivity index (χ2n) is 4.86. The van der Waals surface area contributed by atoms with Crippen LogP contribution in [0.4, 0.5) is 0 Å². The summed E-state index contributed by atoms with van der Waals surface area (Å²) in [5.74, 6) is 0.0271. The van der Waals surface area contributed by atoms with Crippen LogP contribution >= 0.6 is 0 Å². The van der Waals surface area contributed by atoms with E-state index in [0.717, 1.165) is 22.4 Å². The van der Waals surface area contributed by atoms with E-state index in [9.17, 15) is 0 Å². The van der Waals surface area contributed by atoms with Gasteiger partial charge in [0.1, 0.15) is 5.75 Å². The molecule has 0 amide bonds. The number of hydrogen-bond donors (Lipinski definition) is 0. The van der Waals surface area contributed by atoms with Crippen molar-refractivity contribution in [3.63, 3.8) is 0 Å². The highest BCUT2D eigenvalue weighted by molar-refractivity contribution is 5.42. The molecule has 0 radical (unpaired) electrons. The van der Waals surface area contributed by atoms with E-state index in [0.29, 0.717) is 13.2 Å². The van der Waals surface area contributed by atoms with Crippen molar-refractivity contribution in [3.05, 3.63) is 65.2 Å². The molecule has 3 heteroatoms. The number of ether oxygens (including phenoxy) is 3. The van der Waals surface area contributed by atoms with Crippen molar-refractivity contribution in [2.45, 2.75) is 40.4 Å². The standard InChI is InChI=1S/C17H18O3.2C2H6/c1-13-8-9-15(12-16(13)18-2)17(19-10-11-20-17)14-6-4-3-5-7-14;2*1-2/h3-9,12H,10-11H2,1-2H3;2*1-2H3. The van der Waals surface area contributed by atoms with Crippen LogP contribution in [0, 0.1) is 6.92 Å². The Labute approximate surface area is 146 Å². The van der Waals surface area contributed by atoms with Crippen molar-refractivity contribution in [1.82, 2.24) is 0 Å². The fourth-order valence-corrected chi connectivity index (χ4v) is 2.59. The van der Waals surface area contributed by atoms with Gasteiger partial charge in [0, 0.05) is 11.1 Å². The van der Waals surface area contributed by atoms with Crippen LogP contribution in [-0.4, -0.2) is 20.3 Å². The van der Waals surface area contributed by atoms with Gasteiger partial charge in [-0.15, -0.1) is 0 Å². The van der Waals surface area contributed by atoms with Crippen molar-refractivity contribution in [1.29, 1.82) is 0 Å². The van der Waals surface area contributed by atoms with E-state index in [1.54, 1.807) is 7.11 Å². The Bertz CT molecular complexity index is 587. The first-order chi connectivity index (χ1) is 11.8. The quantitative estimate of drug-likeness (QED) is 0.764. The van der Waals surface area contributed by atoms with E-state index in [1.807, 2.05) is 83.1 Å². The molecule has 0 bridgehead atoms. The second-order valence-corrected chi connectivity index (χ2v) is 4.86.